The van der Waals surface area contributed by atoms with Gasteiger partial charge in [0.15, 0.2) is 0 Å². The number of hydrogen-bond acceptors (Lipinski definition) is 3. The molecule has 1 rings (SSSR count). The van der Waals surface area contributed by atoms with Gasteiger partial charge in [-0.3, -0.25) is 0 Å². The van der Waals surface area contributed by atoms with Crippen molar-refractivity contribution in [3.8, 4) is 6.07 Å². The van der Waals surface area contributed by atoms with Gasteiger partial charge in [0.05, 0.1) is 6.07 Å². The third-order valence-corrected chi connectivity index (χ3v) is 4.08. The molecule has 0 radical (unpaired) electrons. The predicted molar refractivity (Wildman–Crippen MR) is 57.1 cm³/mol. The minimum atomic E-state index is -3.46. The first-order chi connectivity index (χ1) is 6.97. The molecule has 86 valence electrons. The molecule has 1 aliphatic heterocycles. The van der Waals surface area contributed by atoms with Crippen molar-refractivity contribution in [1.82, 2.24) is 9.03 Å². The number of rotatable bonds is 4. The summed E-state index contributed by atoms with van der Waals surface area (Å²) in [5.74, 6) is -0.0209. The van der Waals surface area contributed by atoms with Gasteiger partial charge in [0.2, 0.25) is 0 Å². The van der Waals surface area contributed by atoms with Gasteiger partial charge in [-0.1, -0.05) is 13.8 Å². The molecular formula is C9H17N3O2S. The molecule has 0 aliphatic carbocycles. The zero-order valence-electron chi connectivity index (χ0n) is 9.10. The van der Waals surface area contributed by atoms with E-state index in [0.29, 0.717) is 13.1 Å². The van der Waals surface area contributed by atoms with E-state index in [1.54, 1.807) is 0 Å². The second-order valence-electron chi connectivity index (χ2n) is 4.08. The Labute approximate surface area is 91.3 Å². The Morgan fingerprint density at radius 2 is 1.87 bits per heavy atom. The first-order valence-electron chi connectivity index (χ1n) is 5.14. The number of nitriles is 1. The highest BCUT2D eigenvalue weighted by Gasteiger charge is 2.28. The lowest BCUT2D eigenvalue weighted by molar-refractivity contribution is 0.443. The maximum absolute atomic E-state index is 11.8. The summed E-state index contributed by atoms with van der Waals surface area (Å²) >= 11 is 0. The van der Waals surface area contributed by atoms with Crippen molar-refractivity contribution in [2.24, 2.45) is 5.92 Å². The van der Waals surface area contributed by atoms with E-state index in [2.05, 4.69) is 4.72 Å². The average Bonchev–Trinajstić information content (AvgIpc) is 2.67. The first-order valence-corrected chi connectivity index (χ1v) is 6.58. The highest BCUT2D eigenvalue weighted by Crippen LogP contribution is 2.12. The van der Waals surface area contributed by atoms with Crippen LogP contribution in [0.25, 0.3) is 0 Å². The smallest absolute Gasteiger partial charge is 0.197 e. The van der Waals surface area contributed by atoms with E-state index in [1.807, 2.05) is 19.9 Å². The molecule has 0 saturated carbocycles. The lowest BCUT2D eigenvalue weighted by atomic mass is 10.1. The summed E-state index contributed by atoms with van der Waals surface area (Å²) in [6.07, 6.45) is 1.81. The fourth-order valence-corrected chi connectivity index (χ4v) is 3.01. The van der Waals surface area contributed by atoms with Gasteiger partial charge in [0, 0.05) is 13.1 Å². The minimum Gasteiger partial charge on any atom is -0.197 e. The van der Waals surface area contributed by atoms with E-state index in [-0.39, 0.29) is 5.92 Å². The zero-order valence-corrected chi connectivity index (χ0v) is 9.92. The molecule has 0 bridgehead atoms. The molecule has 1 fully saturated rings. The van der Waals surface area contributed by atoms with Crippen molar-refractivity contribution in [2.75, 3.05) is 13.1 Å². The van der Waals surface area contributed by atoms with Crippen LogP contribution in [0, 0.1) is 17.2 Å². The fourth-order valence-electron chi connectivity index (χ4n) is 1.47. The van der Waals surface area contributed by atoms with Crippen LogP contribution in [-0.4, -0.2) is 31.9 Å². The molecule has 1 saturated heterocycles. The standard InChI is InChI=1S/C9H17N3O2S/c1-8(2)9(7-10)11-15(13,14)12-5-3-4-6-12/h8-9,11H,3-6H2,1-2H3. The summed E-state index contributed by atoms with van der Waals surface area (Å²) in [4.78, 5) is 0. The quantitative estimate of drug-likeness (QED) is 0.764. The Morgan fingerprint density at radius 1 is 1.33 bits per heavy atom. The van der Waals surface area contributed by atoms with Crippen LogP contribution in [0.3, 0.4) is 0 Å². The molecule has 1 unspecified atom stereocenters. The van der Waals surface area contributed by atoms with E-state index < -0.39 is 16.3 Å². The zero-order chi connectivity index (χ0) is 11.5. The Hall–Kier alpha value is -0.640. The molecule has 0 aromatic rings. The maximum atomic E-state index is 11.8. The van der Waals surface area contributed by atoms with Gasteiger partial charge >= 0.3 is 0 Å². The Kier molecular flexibility index (Phi) is 4.08. The van der Waals surface area contributed by atoms with Crippen LogP contribution in [0.1, 0.15) is 26.7 Å². The average molecular weight is 231 g/mol. The van der Waals surface area contributed by atoms with Gasteiger partial charge in [0.25, 0.3) is 10.2 Å². The van der Waals surface area contributed by atoms with E-state index in [1.165, 1.54) is 4.31 Å². The fraction of sp³-hybridized carbons (Fsp3) is 0.889. The van der Waals surface area contributed by atoms with Gasteiger partial charge in [-0.2, -0.15) is 22.7 Å². The second kappa shape index (κ2) is 4.92. The van der Waals surface area contributed by atoms with Crippen LogP contribution in [0.15, 0.2) is 0 Å². The molecule has 0 spiro atoms. The van der Waals surface area contributed by atoms with Crippen LogP contribution >= 0.6 is 0 Å². The molecule has 0 aromatic carbocycles. The summed E-state index contributed by atoms with van der Waals surface area (Å²) in [6.45, 7) is 4.76. The lowest BCUT2D eigenvalue weighted by Crippen LogP contribution is -2.45. The molecule has 1 aliphatic rings. The highest BCUT2D eigenvalue weighted by atomic mass is 32.2. The largest absolute Gasteiger partial charge is 0.280 e. The van der Waals surface area contributed by atoms with Gasteiger partial charge < -0.3 is 0 Å². The lowest BCUT2D eigenvalue weighted by Gasteiger charge is -2.20. The van der Waals surface area contributed by atoms with Crippen LogP contribution < -0.4 is 4.72 Å². The van der Waals surface area contributed by atoms with Gasteiger partial charge in [-0.15, -0.1) is 0 Å². The molecular weight excluding hydrogens is 214 g/mol. The predicted octanol–water partition coefficient (Wildman–Crippen LogP) is 0.465. The molecule has 0 aromatic heterocycles. The number of hydrogen-bond donors (Lipinski definition) is 1. The van der Waals surface area contributed by atoms with E-state index in [0.717, 1.165) is 12.8 Å². The second-order valence-corrected chi connectivity index (χ2v) is 5.78. The van der Waals surface area contributed by atoms with Gasteiger partial charge in [0.1, 0.15) is 6.04 Å². The van der Waals surface area contributed by atoms with Crippen LogP contribution in [-0.2, 0) is 10.2 Å². The number of nitrogens with zero attached hydrogens (tertiary/aromatic N) is 2. The summed E-state index contributed by atoms with van der Waals surface area (Å²) in [7, 11) is -3.46. The molecule has 1 N–H and O–H groups in total. The SMILES string of the molecule is CC(C)C(C#N)NS(=O)(=O)N1CCCC1. The monoisotopic (exact) mass is 231 g/mol. The van der Waals surface area contributed by atoms with Crippen molar-refractivity contribution >= 4 is 10.2 Å². The highest BCUT2D eigenvalue weighted by molar-refractivity contribution is 7.87. The molecule has 1 heterocycles. The summed E-state index contributed by atoms with van der Waals surface area (Å²) in [5, 5.41) is 8.81. The summed E-state index contributed by atoms with van der Waals surface area (Å²) in [5.41, 5.74) is 0. The van der Waals surface area contributed by atoms with E-state index >= 15 is 0 Å². The maximum Gasteiger partial charge on any atom is 0.280 e. The third kappa shape index (κ3) is 3.16. The summed E-state index contributed by atoms with van der Waals surface area (Å²) in [6, 6.07) is 1.32. The molecule has 5 nitrogen and oxygen atoms in total. The van der Waals surface area contributed by atoms with E-state index in [4.69, 9.17) is 5.26 Å². The topological polar surface area (TPSA) is 73.2 Å². The van der Waals surface area contributed by atoms with Gasteiger partial charge in [-0.25, -0.2) is 0 Å². The minimum absolute atomic E-state index is 0.0209. The summed E-state index contributed by atoms with van der Waals surface area (Å²) < 4.78 is 27.4. The Balaban J connectivity index is 2.67. The van der Waals surface area contributed by atoms with Crippen molar-refractivity contribution < 1.29 is 8.42 Å². The van der Waals surface area contributed by atoms with Crippen molar-refractivity contribution in [1.29, 1.82) is 5.26 Å². The Bertz CT molecular complexity index is 339. The van der Waals surface area contributed by atoms with E-state index in [9.17, 15) is 8.42 Å². The van der Waals surface area contributed by atoms with Crippen LogP contribution in [0.5, 0.6) is 0 Å². The molecule has 15 heavy (non-hydrogen) atoms. The van der Waals surface area contributed by atoms with Crippen LogP contribution in [0.2, 0.25) is 0 Å². The van der Waals surface area contributed by atoms with Gasteiger partial charge in [-0.05, 0) is 18.8 Å². The molecule has 0 amide bonds. The Morgan fingerprint density at radius 3 is 2.27 bits per heavy atom. The van der Waals surface area contributed by atoms with Crippen molar-refractivity contribution in [2.45, 2.75) is 32.7 Å². The van der Waals surface area contributed by atoms with Crippen molar-refractivity contribution in [3.05, 3.63) is 0 Å². The number of nitrogens with one attached hydrogen (secondary N) is 1. The van der Waals surface area contributed by atoms with Crippen LogP contribution in [0.4, 0.5) is 0 Å². The van der Waals surface area contributed by atoms with Crippen molar-refractivity contribution in [3.63, 3.8) is 0 Å². The first kappa shape index (κ1) is 12.4. The normalized spacial score (nSPS) is 20.4. The molecule has 6 heteroatoms. The third-order valence-electron chi connectivity index (χ3n) is 2.49. The molecule has 1 atom stereocenters.